The summed E-state index contributed by atoms with van der Waals surface area (Å²) in [6, 6.07) is 35.2. The predicted octanol–water partition coefficient (Wildman–Crippen LogP) is 15.4. The van der Waals surface area contributed by atoms with Gasteiger partial charge in [0.25, 0.3) is 0 Å². The third-order valence-corrected chi connectivity index (χ3v) is 20.5. The molecule has 4 atom stereocenters. The number of nitrogens with one attached hydrogen (secondary N) is 6. The predicted molar refractivity (Wildman–Crippen MR) is 422 cm³/mol. The van der Waals surface area contributed by atoms with E-state index in [0.717, 1.165) is 116 Å². The van der Waals surface area contributed by atoms with Crippen molar-refractivity contribution in [2.75, 3.05) is 88.3 Å². The van der Waals surface area contributed by atoms with Crippen LogP contribution in [0.2, 0.25) is 0 Å². The summed E-state index contributed by atoms with van der Waals surface area (Å²) >= 11 is 13.0. The maximum Gasteiger partial charge on any atom is 0.410 e. The number of carbonyl (C=O) groups excluding carboxylic acids is 2. The number of hydrogen-bond donors (Lipinski definition) is 6. The third-order valence-electron chi connectivity index (χ3n) is 18.7. The van der Waals surface area contributed by atoms with Gasteiger partial charge < -0.3 is 35.0 Å². The number of terminal acetylenes is 1. The molecule has 6 aliphatic rings. The van der Waals surface area contributed by atoms with E-state index >= 15 is 0 Å². The van der Waals surface area contributed by atoms with E-state index in [4.69, 9.17) is 16.4 Å². The monoisotopic (exact) mass is 1720 g/mol. The van der Waals surface area contributed by atoms with Gasteiger partial charge >= 0.3 is 6.09 Å². The first kappa shape index (κ1) is 79.8. The average Bonchev–Trinajstić information content (AvgIpc) is 1.66. The molecule has 6 saturated heterocycles. The van der Waals surface area contributed by atoms with Gasteiger partial charge in [-0.2, -0.15) is 25.7 Å². The number of hydrogen-bond acceptors (Lipinski definition) is 19. The zero-order chi connectivity index (χ0) is 76.1. The number of rotatable bonds is 11. The van der Waals surface area contributed by atoms with E-state index in [1.165, 1.54) is 38.5 Å². The molecule has 24 nitrogen and oxygen atoms in total. The summed E-state index contributed by atoms with van der Waals surface area (Å²) in [7, 11) is 0. The lowest BCUT2D eigenvalue weighted by Gasteiger charge is -2.27. The van der Waals surface area contributed by atoms with Gasteiger partial charge in [0.05, 0.1) is 39.9 Å². The fraction of sp³-hybridized carbons (Fsp3) is 0.390. The Bertz CT molecular complexity index is 4700. The van der Waals surface area contributed by atoms with Crippen molar-refractivity contribution in [1.29, 1.82) is 5.26 Å². The zero-order valence-electron chi connectivity index (χ0n) is 60.1. The Labute approximate surface area is 659 Å². The van der Waals surface area contributed by atoms with E-state index in [-0.39, 0.29) is 58.6 Å². The first-order valence-electron chi connectivity index (χ1n) is 36.0. The zero-order valence-corrected chi connectivity index (χ0v) is 66.4. The van der Waals surface area contributed by atoms with E-state index < -0.39 is 5.60 Å². The second kappa shape index (κ2) is 38.7. The molecule has 564 valence electrons. The number of halogens is 7. The highest BCUT2D eigenvalue weighted by atomic mass is 79.9. The molecular formula is C77H84Br4F3N21O3. The summed E-state index contributed by atoms with van der Waals surface area (Å²) in [5, 5.41) is 43.9. The Morgan fingerprint density at radius 3 is 1.44 bits per heavy atom. The van der Waals surface area contributed by atoms with Crippen molar-refractivity contribution in [3.63, 3.8) is 0 Å². The molecule has 6 N–H and O–H groups in total. The van der Waals surface area contributed by atoms with Crippen LogP contribution in [0.3, 0.4) is 0 Å². The largest absolute Gasteiger partial charge is 0.444 e. The summed E-state index contributed by atoms with van der Waals surface area (Å²) < 4.78 is 52.4. The minimum atomic E-state index is -0.470. The van der Waals surface area contributed by atoms with Crippen LogP contribution in [0, 0.1) is 41.3 Å². The Balaban J connectivity index is 0.000000133. The molecule has 0 aliphatic carbocycles. The maximum absolute atomic E-state index is 14.9. The summed E-state index contributed by atoms with van der Waals surface area (Å²) in [4.78, 5) is 55.9. The van der Waals surface area contributed by atoms with Crippen LogP contribution in [0.5, 0.6) is 0 Å². The van der Waals surface area contributed by atoms with Crippen molar-refractivity contribution < 1.29 is 27.5 Å². The molecule has 0 bridgehead atoms. The van der Waals surface area contributed by atoms with Gasteiger partial charge in [0.15, 0.2) is 29.9 Å². The average molecular weight is 1730 g/mol. The number of likely N-dealkylation sites (tertiary alicyclic amines) is 2. The van der Waals surface area contributed by atoms with Crippen molar-refractivity contribution in [1.82, 2.24) is 91.1 Å². The van der Waals surface area contributed by atoms with Crippen molar-refractivity contribution in [3.05, 3.63) is 185 Å². The molecule has 10 aromatic rings. The highest BCUT2D eigenvalue weighted by Crippen LogP contribution is 2.35. The second-order valence-corrected chi connectivity index (χ2v) is 30.7. The standard InChI is InChI=1S/C18H21FN6.C17H21BrN4O2.C17H22FN5.C12H12BrFN4.C7H4BrN.C6H4BrNO/c19-16-17(13-7-10-24(11-13)12-20)22-23-18(16)14-5-4-6-15(21-14)25-8-2-1-3-9-25;1-17(2,3)24-16(23)22-8-7-11(10-22)13-9-14(21-20-13)12-5-4-6-15(18)19-12;18-15-16(12-7-8-19-11-12)21-22-17(15)13-5-4-6-14(20-13)23-9-2-1-3-10-23;13-9-3-1-2-8(16-9)12-10(14)11(17-18-12)7-4-5-15-6-7;1-2-6-4-3-5-7(8)9-6;7-6-3-1-2-5(4-9)8-6/h4-6,13H,1-3,7-11H2,(H,22,23);4-6,9,11H,7-8,10H2,1-3H3,(H,20,21);4-6,12,19H,1-3,7-11H2,(H,21,22);1-3,7,15H,4-6H2,(H,17,18);1,3-5H;1-4H. The number of piperidine rings is 2. The number of aromatic nitrogens is 14. The van der Waals surface area contributed by atoms with E-state index in [1.807, 2.05) is 93.6 Å². The number of nitriles is 1. The lowest BCUT2D eigenvalue weighted by atomic mass is 10.0. The minimum absolute atomic E-state index is 0.0221. The number of aldehydes is 1. The molecule has 4 unspecified atom stereocenters. The number of aromatic amines is 4. The lowest BCUT2D eigenvalue weighted by Crippen LogP contribution is -2.35. The Kier molecular flexibility index (Phi) is 28.6. The summed E-state index contributed by atoms with van der Waals surface area (Å²) in [6.45, 7) is 15.7. The number of anilines is 2. The first-order chi connectivity index (χ1) is 52.3. The van der Waals surface area contributed by atoms with E-state index in [0.29, 0.717) is 92.9 Å². The van der Waals surface area contributed by atoms with Crippen LogP contribution in [0.15, 0.2) is 134 Å². The Morgan fingerprint density at radius 2 is 0.991 bits per heavy atom. The molecule has 0 spiro atoms. The molecule has 31 heteroatoms. The van der Waals surface area contributed by atoms with Crippen LogP contribution < -0.4 is 20.4 Å². The summed E-state index contributed by atoms with van der Waals surface area (Å²) in [5.41, 5.74) is 7.55. The highest BCUT2D eigenvalue weighted by Gasteiger charge is 2.34. The number of pyridine rings is 6. The van der Waals surface area contributed by atoms with Crippen LogP contribution in [-0.2, 0) is 4.74 Å². The third kappa shape index (κ3) is 21.8. The quantitative estimate of drug-likeness (QED) is 0.0303. The number of nitrogens with zero attached hydrogens (tertiary/aromatic N) is 15. The van der Waals surface area contributed by atoms with Gasteiger partial charge in [-0.25, -0.2) is 47.9 Å². The van der Waals surface area contributed by atoms with Crippen LogP contribution in [0.25, 0.3) is 45.6 Å². The minimum Gasteiger partial charge on any atom is -0.444 e. The van der Waals surface area contributed by atoms with Gasteiger partial charge in [-0.15, -0.1) is 6.42 Å². The van der Waals surface area contributed by atoms with Crippen molar-refractivity contribution in [3.8, 4) is 64.1 Å². The van der Waals surface area contributed by atoms with Gasteiger partial charge in [0.1, 0.15) is 69.8 Å². The number of ether oxygens (including phenoxy) is 1. The number of amides is 1. The molecule has 108 heavy (non-hydrogen) atoms. The van der Waals surface area contributed by atoms with Gasteiger partial charge in [-0.1, -0.05) is 42.3 Å². The second-order valence-electron chi connectivity index (χ2n) is 27.5. The highest BCUT2D eigenvalue weighted by molar-refractivity contribution is 9.11. The normalized spacial score (nSPS) is 18.1. The van der Waals surface area contributed by atoms with Gasteiger partial charge in [0, 0.05) is 94.8 Å². The molecule has 16 heterocycles. The van der Waals surface area contributed by atoms with Crippen LogP contribution in [0.1, 0.15) is 148 Å². The molecule has 6 fully saturated rings. The SMILES string of the molecule is C#Cc1cccc(Br)n1.CC(C)(C)OC(=O)N1CCC(c2cc(-c3cccc(Br)n3)n[nH]2)C1.Fc1c(-c2cccc(Br)n2)n[nH]c1C1CCNC1.Fc1c(-c2cccc(N3CCCCC3)n2)n[nH]c1C1CCNC1.N#CN1CCC(c2[nH]nc(-c3cccc(N4CCCCC4)n3)c2F)C1.O=Cc1cccc(Br)n1. The van der Waals surface area contributed by atoms with Crippen molar-refractivity contribution >= 4 is 87.7 Å². The molecule has 0 radical (unpaired) electrons. The van der Waals surface area contributed by atoms with Crippen LogP contribution >= 0.6 is 63.7 Å². The first-order valence-corrected chi connectivity index (χ1v) is 39.2. The van der Waals surface area contributed by atoms with E-state index in [1.54, 1.807) is 52.3 Å². The molecule has 10 aromatic heterocycles. The summed E-state index contributed by atoms with van der Waals surface area (Å²) in [6.07, 6.45) is 18.5. The van der Waals surface area contributed by atoms with Crippen molar-refractivity contribution in [2.24, 2.45) is 0 Å². The molecular weight excluding hydrogens is 1640 g/mol. The van der Waals surface area contributed by atoms with Crippen LogP contribution in [0.4, 0.5) is 29.6 Å². The number of carbonyl (C=O) groups is 2. The lowest BCUT2D eigenvalue weighted by molar-refractivity contribution is 0.0292. The maximum atomic E-state index is 14.9. The van der Waals surface area contributed by atoms with Crippen LogP contribution in [-0.4, -0.2) is 177 Å². The molecule has 0 aromatic carbocycles. The van der Waals surface area contributed by atoms with Gasteiger partial charge in [-0.3, -0.25) is 25.2 Å². The topological polar surface area (TPSA) is 296 Å². The molecule has 16 rings (SSSR count). The van der Waals surface area contributed by atoms with Gasteiger partial charge in [-0.05, 0) is 241 Å². The Morgan fingerprint density at radius 1 is 0.528 bits per heavy atom. The van der Waals surface area contributed by atoms with Crippen molar-refractivity contribution in [2.45, 2.75) is 114 Å². The van der Waals surface area contributed by atoms with E-state index in [9.17, 15) is 22.8 Å². The summed E-state index contributed by atoms with van der Waals surface area (Å²) in [5.74, 6) is 3.95. The Hall–Kier alpha value is -9.24. The molecule has 1 amide bonds. The van der Waals surface area contributed by atoms with E-state index in [2.05, 4.69) is 167 Å². The smallest absolute Gasteiger partial charge is 0.410 e. The fourth-order valence-electron chi connectivity index (χ4n) is 13.2. The number of H-pyrrole nitrogens is 4. The van der Waals surface area contributed by atoms with Gasteiger partial charge in [0.2, 0.25) is 0 Å². The fourth-order valence-corrected chi connectivity index (χ4v) is 14.6. The molecule has 6 aliphatic heterocycles. The molecule has 0 saturated carbocycles.